The summed E-state index contributed by atoms with van der Waals surface area (Å²) in [6, 6.07) is 14.5. The van der Waals surface area contributed by atoms with Crippen molar-refractivity contribution < 1.29 is 14.6 Å². The molecule has 0 saturated heterocycles. The summed E-state index contributed by atoms with van der Waals surface area (Å²) in [5.41, 5.74) is 3.31. The molecule has 19 heavy (non-hydrogen) atoms. The summed E-state index contributed by atoms with van der Waals surface area (Å²) in [6.07, 6.45) is 0. The highest BCUT2D eigenvalue weighted by atomic mass is 16.5. The highest BCUT2D eigenvalue weighted by Crippen LogP contribution is 2.13. The first kappa shape index (κ1) is 13.3. The summed E-state index contributed by atoms with van der Waals surface area (Å²) in [5.74, 6) is -0.339. The molecule has 0 aromatic heterocycles. The number of ether oxygens (including phenoxy) is 1. The Labute approximate surface area is 112 Å². The van der Waals surface area contributed by atoms with E-state index in [0.29, 0.717) is 5.56 Å². The van der Waals surface area contributed by atoms with Gasteiger partial charge in [-0.3, -0.25) is 0 Å². The van der Waals surface area contributed by atoms with Crippen LogP contribution in [0.1, 0.15) is 27.0 Å². The lowest BCUT2D eigenvalue weighted by Crippen LogP contribution is -2.06. The highest BCUT2D eigenvalue weighted by Gasteiger charge is 2.07. The quantitative estimate of drug-likeness (QED) is 0.856. The zero-order valence-corrected chi connectivity index (χ0v) is 10.8. The number of aryl methyl sites for hydroxylation is 1. The van der Waals surface area contributed by atoms with Crippen molar-refractivity contribution in [1.29, 1.82) is 0 Å². The van der Waals surface area contributed by atoms with Gasteiger partial charge in [-0.25, -0.2) is 4.79 Å². The predicted octanol–water partition coefficient (Wildman–Crippen LogP) is 2.84. The molecule has 0 aliphatic heterocycles. The second-order valence-corrected chi connectivity index (χ2v) is 4.36. The van der Waals surface area contributed by atoms with Gasteiger partial charge in [-0.1, -0.05) is 30.3 Å². The zero-order valence-electron chi connectivity index (χ0n) is 10.8. The normalized spacial score (nSPS) is 10.2. The topological polar surface area (TPSA) is 46.5 Å². The Bertz CT molecular complexity index is 561. The molecule has 0 saturated carbocycles. The largest absolute Gasteiger partial charge is 0.457 e. The van der Waals surface area contributed by atoms with Gasteiger partial charge < -0.3 is 9.84 Å². The molecule has 0 fully saturated rings. The van der Waals surface area contributed by atoms with Crippen LogP contribution >= 0.6 is 0 Å². The van der Waals surface area contributed by atoms with Gasteiger partial charge in [-0.05, 0) is 41.8 Å². The van der Waals surface area contributed by atoms with Crippen molar-refractivity contribution >= 4 is 5.97 Å². The molecule has 2 aromatic carbocycles. The maximum atomic E-state index is 11.8. The maximum absolute atomic E-state index is 11.8. The smallest absolute Gasteiger partial charge is 0.338 e. The molecule has 3 heteroatoms. The Morgan fingerprint density at radius 3 is 2.58 bits per heavy atom. The molecule has 0 bridgehead atoms. The lowest BCUT2D eigenvalue weighted by atomic mass is 10.1. The third-order valence-electron chi connectivity index (χ3n) is 2.96. The van der Waals surface area contributed by atoms with Crippen molar-refractivity contribution in [2.75, 3.05) is 0 Å². The fourth-order valence-electron chi connectivity index (χ4n) is 1.78. The second-order valence-electron chi connectivity index (χ2n) is 4.36. The molecule has 0 radical (unpaired) electrons. The van der Waals surface area contributed by atoms with Crippen LogP contribution in [-0.2, 0) is 18.0 Å². The van der Waals surface area contributed by atoms with E-state index in [1.807, 2.05) is 31.2 Å². The highest BCUT2D eigenvalue weighted by molar-refractivity contribution is 5.89. The van der Waals surface area contributed by atoms with Crippen LogP contribution in [0.5, 0.6) is 0 Å². The van der Waals surface area contributed by atoms with Crippen LogP contribution in [0, 0.1) is 6.92 Å². The molecule has 2 aromatic rings. The molecule has 3 nitrogen and oxygen atoms in total. The Balaban J connectivity index is 2.05. The SMILES string of the molecule is Cc1ccc(CO)cc1COC(=O)c1ccccc1. The lowest BCUT2D eigenvalue weighted by molar-refractivity contribution is 0.0472. The van der Waals surface area contributed by atoms with Gasteiger partial charge in [0.05, 0.1) is 12.2 Å². The Morgan fingerprint density at radius 2 is 1.89 bits per heavy atom. The third kappa shape index (κ3) is 3.42. The van der Waals surface area contributed by atoms with Gasteiger partial charge in [0.2, 0.25) is 0 Å². The summed E-state index contributed by atoms with van der Waals surface area (Å²) < 4.78 is 5.27. The molecule has 2 rings (SSSR count). The fraction of sp³-hybridized carbons (Fsp3) is 0.188. The summed E-state index contributed by atoms with van der Waals surface area (Å²) in [5, 5.41) is 9.10. The first-order chi connectivity index (χ1) is 9.20. The number of aliphatic hydroxyl groups is 1. The molecule has 0 atom stereocenters. The van der Waals surface area contributed by atoms with Crippen molar-refractivity contribution in [2.45, 2.75) is 20.1 Å². The second kappa shape index (κ2) is 6.16. The van der Waals surface area contributed by atoms with Gasteiger partial charge in [0, 0.05) is 0 Å². The molecular formula is C16H16O3. The number of aliphatic hydroxyl groups excluding tert-OH is 1. The van der Waals surface area contributed by atoms with E-state index in [1.54, 1.807) is 24.3 Å². The molecule has 0 amide bonds. The summed E-state index contributed by atoms with van der Waals surface area (Å²) >= 11 is 0. The average molecular weight is 256 g/mol. The Morgan fingerprint density at radius 1 is 1.16 bits per heavy atom. The molecule has 0 spiro atoms. The van der Waals surface area contributed by atoms with Gasteiger partial charge in [-0.15, -0.1) is 0 Å². The number of hydrogen-bond donors (Lipinski definition) is 1. The zero-order chi connectivity index (χ0) is 13.7. The van der Waals surface area contributed by atoms with Crippen LogP contribution in [0.3, 0.4) is 0 Å². The van der Waals surface area contributed by atoms with Crippen LogP contribution in [0.15, 0.2) is 48.5 Å². The van der Waals surface area contributed by atoms with E-state index < -0.39 is 0 Å². The van der Waals surface area contributed by atoms with Crippen LogP contribution in [0.25, 0.3) is 0 Å². The van der Waals surface area contributed by atoms with Crippen LogP contribution in [0.2, 0.25) is 0 Å². The van der Waals surface area contributed by atoms with Crippen molar-refractivity contribution in [1.82, 2.24) is 0 Å². The number of carbonyl (C=O) groups is 1. The molecular weight excluding hydrogens is 240 g/mol. The van der Waals surface area contributed by atoms with Crippen molar-refractivity contribution in [3.63, 3.8) is 0 Å². The van der Waals surface area contributed by atoms with Crippen molar-refractivity contribution in [3.8, 4) is 0 Å². The molecule has 0 aliphatic carbocycles. The van der Waals surface area contributed by atoms with Crippen molar-refractivity contribution in [3.05, 3.63) is 70.8 Å². The van der Waals surface area contributed by atoms with Gasteiger partial charge in [0.15, 0.2) is 0 Å². The van der Waals surface area contributed by atoms with E-state index in [1.165, 1.54) is 0 Å². The van der Waals surface area contributed by atoms with E-state index >= 15 is 0 Å². The minimum Gasteiger partial charge on any atom is -0.457 e. The van der Waals surface area contributed by atoms with Gasteiger partial charge in [0.25, 0.3) is 0 Å². The fourth-order valence-corrected chi connectivity index (χ4v) is 1.78. The van der Waals surface area contributed by atoms with Crippen molar-refractivity contribution in [2.24, 2.45) is 0 Å². The summed E-state index contributed by atoms with van der Waals surface area (Å²) in [4.78, 5) is 11.8. The maximum Gasteiger partial charge on any atom is 0.338 e. The monoisotopic (exact) mass is 256 g/mol. The first-order valence-corrected chi connectivity index (χ1v) is 6.12. The molecule has 0 heterocycles. The van der Waals surface area contributed by atoms with Gasteiger partial charge in [-0.2, -0.15) is 0 Å². The van der Waals surface area contributed by atoms with Gasteiger partial charge >= 0.3 is 5.97 Å². The standard InChI is InChI=1S/C16H16O3/c1-12-7-8-13(10-17)9-15(12)11-19-16(18)14-5-3-2-4-6-14/h2-9,17H,10-11H2,1H3. The Kier molecular flexibility index (Phi) is 4.31. The summed E-state index contributed by atoms with van der Waals surface area (Å²) in [7, 11) is 0. The molecule has 0 unspecified atom stereocenters. The van der Waals surface area contributed by atoms with E-state index in [0.717, 1.165) is 16.7 Å². The number of esters is 1. The minimum atomic E-state index is -0.339. The van der Waals surface area contributed by atoms with E-state index in [-0.39, 0.29) is 19.2 Å². The first-order valence-electron chi connectivity index (χ1n) is 6.12. The number of rotatable bonds is 4. The van der Waals surface area contributed by atoms with Crippen LogP contribution < -0.4 is 0 Å². The van der Waals surface area contributed by atoms with E-state index in [9.17, 15) is 4.79 Å². The predicted molar refractivity (Wildman–Crippen MR) is 72.7 cm³/mol. The molecule has 1 N–H and O–H groups in total. The van der Waals surface area contributed by atoms with E-state index in [2.05, 4.69) is 0 Å². The van der Waals surface area contributed by atoms with Crippen LogP contribution in [-0.4, -0.2) is 11.1 Å². The summed E-state index contributed by atoms with van der Waals surface area (Å²) in [6.45, 7) is 2.15. The van der Waals surface area contributed by atoms with Gasteiger partial charge in [0.1, 0.15) is 6.61 Å². The average Bonchev–Trinajstić information content (AvgIpc) is 2.47. The van der Waals surface area contributed by atoms with Crippen LogP contribution in [0.4, 0.5) is 0 Å². The number of hydrogen-bond acceptors (Lipinski definition) is 3. The van der Waals surface area contributed by atoms with E-state index in [4.69, 9.17) is 9.84 Å². The molecule has 0 aliphatic rings. The number of carbonyl (C=O) groups excluding carboxylic acids is 1. The third-order valence-corrected chi connectivity index (χ3v) is 2.96. The lowest BCUT2D eigenvalue weighted by Gasteiger charge is -2.09. The Hall–Kier alpha value is -2.13. The minimum absolute atomic E-state index is 0.0140. The number of benzene rings is 2. The molecule has 98 valence electrons.